The minimum Gasteiger partial charge on any atom is -0.481 e. The molecule has 0 unspecified atom stereocenters. The van der Waals surface area contributed by atoms with Crippen LogP contribution in [0.25, 0.3) is 0 Å². The summed E-state index contributed by atoms with van der Waals surface area (Å²) in [7, 11) is 0. The van der Waals surface area contributed by atoms with Gasteiger partial charge >= 0.3 is 5.97 Å². The number of amides is 1. The number of rotatable bonds is 3. The highest BCUT2D eigenvalue weighted by Crippen LogP contribution is 2.48. The molecule has 0 aliphatic heterocycles. The van der Waals surface area contributed by atoms with E-state index < -0.39 is 17.8 Å². The Labute approximate surface area is 127 Å². The molecular weight excluding hydrogens is 290 g/mol. The van der Waals surface area contributed by atoms with Crippen molar-refractivity contribution in [2.24, 2.45) is 23.7 Å². The zero-order chi connectivity index (χ0) is 15.1. The highest BCUT2D eigenvalue weighted by Gasteiger charge is 2.51. The number of carboxylic acid groups (broad SMARTS) is 1. The van der Waals surface area contributed by atoms with Crippen LogP contribution in [0.3, 0.4) is 0 Å². The molecule has 3 rings (SSSR count). The van der Waals surface area contributed by atoms with Gasteiger partial charge in [0.05, 0.1) is 11.8 Å². The maximum Gasteiger partial charge on any atom is 0.307 e. The molecule has 1 aromatic carbocycles. The molecule has 0 saturated heterocycles. The van der Waals surface area contributed by atoms with E-state index >= 15 is 0 Å². The molecule has 2 aliphatic rings. The molecule has 0 aromatic heterocycles. The number of nitrogens with one attached hydrogen (secondary N) is 1. The van der Waals surface area contributed by atoms with Gasteiger partial charge in [0.15, 0.2) is 0 Å². The summed E-state index contributed by atoms with van der Waals surface area (Å²) in [6, 6.07) is 5.27. The molecule has 1 amide bonds. The van der Waals surface area contributed by atoms with Crippen molar-refractivity contribution in [1.82, 2.24) is 0 Å². The van der Waals surface area contributed by atoms with E-state index in [1.165, 1.54) is 0 Å². The van der Waals surface area contributed by atoms with E-state index in [0.717, 1.165) is 12.0 Å². The van der Waals surface area contributed by atoms with Gasteiger partial charge in [0.2, 0.25) is 5.91 Å². The summed E-state index contributed by atoms with van der Waals surface area (Å²) in [4.78, 5) is 24.0. The Hall–Kier alpha value is -1.81. The topological polar surface area (TPSA) is 66.4 Å². The van der Waals surface area contributed by atoms with Gasteiger partial charge in [-0.25, -0.2) is 0 Å². The fourth-order valence-corrected chi connectivity index (χ4v) is 3.63. The number of carboxylic acids is 1. The normalized spacial score (nSPS) is 29.6. The number of allylic oxidation sites excluding steroid dienone is 2. The highest BCUT2D eigenvalue weighted by molar-refractivity contribution is 6.31. The number of carbonyl (C=O) groups excluding carboxylic acids is 1. The zero-order valence-corrected chi connectivity index (χ0v) is 12.3. The highest BCUT2D eigenvalue weighted by atomic mass is 35.5. The standard InChI is InChI=1S/C16H16ClNO3/c1-8-2-5-11(17)7-12(8)18-15(19)13-9-3-4-10(6-9)14(13)16(20)21/h2-5,7,9-10,13-14H,6H2,1H3,(H,18,19)(H,20,21)/t9-,10-,13-,14+/m0/s1. The maximum atomic E-state index is 12.5. The van der Waals surface area contributed by atoms with Crippen LogP contribution in [0.15, 0.2) is 30.4 Å². The summed E-state index contributed by atoms with van der Waals surface area (Å²) in [5.41, 5.74) is 1.54. The predicted octanol–water partition coefficient (Wildman–Crippen LogP) is 3.11. The van der Waals surface area contributed by atoms with E-state index in [0.29, 0.717) is 10.7 Å². The van der Waals surface area contributed by atoms with Gasteiger partial charge < -0.3 is 10.4 Å². The van der Waals surface area contributed by atoms with Crippen LogP contribution in [-0.4, -0.2) is 17.0 Å². The lowest BCUT2D eigenvalue weighted by Gasteiger charge is -2.24. The van der Waals surface area contributed by atoms with E-state index in [9.17, 15) is 14.7 Å². The SMILES string of the molecule is Cc1ccc(Cl)cc1NC(=O)[C@@H]1[C@H](C(=O)O)[C@H]2C=C[C@H]1C2. The molecule has 4 atom stereocenters. The number of fused-ring (bicyclic) bond motifs is 2. The van der Waals surface area contributed by atoms with Crippen molar-refractivity contribution in [3.8, 4) is 0 Å². The molecule has 1 saturated carbocycles. The van der Waals surface area contributed by atoms with Crippen LogP contribution >= 0.6 is 11.6 Å². The van der Waals surface area contributed by atoms with E-state index in [-0.39, 0.29) is 17.7 Å². The van der Waals surface area contributed by atoms with Crippen molar-refractivity contribution in [3.05, 3.63) is 40.9 Å². The van der Waals surface area contributed by atoms with E-state index in [4.69, 9.17) is 11.6 Å². The minimum absolute atomic E-state index is 0.0237. The first kappa shape index (κ1) is 14.1. The van der Waals surface area contributed by atoms with Crippen LogP contribution < -0.4 is 5.32 Å². The summed E-state index contributed by atoms with van der Waals surface area (Å²) in [5.74, 6) is -2.26. The van der Waals surface area contributed by atoms with Crippen molar-refractivity contribution in [2.45, 2.75) is 13.3 Å². The van der Waals surface area contributed by atoms with Gasteiger partial charge in [-0.05, 0) is 42.9 Å². The number of aliphatic carboxylic acids is 1. The van der Waals surface area contributed by atoms with Gasteiger partial charge in [0.1, 0.15) is 0 Å². The Morgan fingerprint density at radius 1 is 1.24 bits per heavy atom. The summed E-state index contributed by atoms with van der Waals surface area (Å²) in [6.07, 6.45) is 4.65. The van der Waals surface area contributed by atoms with Crippen LogP contribution in [0.5, 0.6) is 0 Å². The first-order chi connectivity index (χ1) is 9.97. The average molecular weight is 306 g/mol. The third kappa shape index (κ3) is 2.44. The number of aryl methyl sites for hydroxylation is 1. The van der Waals surface area contributed by atoms with Gasteiger partial charge in [0, 0.05) is 10.7 Å². The monoisotopic (exact) mass is 305 g/mol. The molecule has 110 valence electrons. The molecule has 5 heteroatoms. The van der Waals surface area contributed by atoms with E-state index in [1.54, 1.807) is 12.1 Å². The quantitative estimate of drug-likeness (QED) is 0.843. The van der Waals surface area contributed by atoms with Crippen molar-refractivity contribution in [3.63, 3.8) is 0 Å². The fourth-order valence-electron chi connectivity index (χ4n) is 3.46. The predicted molar refractivity (Wildman–Crippen MR) is 80.2 cm³/mol. The van der Waals surface area contributed by atoms with Crippen molar-refractivity contribution in [2.75, 3.05) is 5.32 Å². The molecule has 21 heavy (non-hydrogen) atoms. The third-order valence-corrected chi connectivity index (χ3v) is 4.74. The fraction of sp³-hybridized carbons (Fsp3) is 0.375. The zero-order valence-electron chi connectivity index (χ0n) is 11.5. The second-order valence-corrected chi connectivity index (χ2v) is 6.22. The van der Waals surface area contributed by atoms with Crippen molar-refractivity contribution in [1.29, 1.82) is 0 Å². The van der Waals surface area contributed by atoms with E-state index in [2.05, 4.69) is 5.32 Å². The van der Waals surface area contributed by atoms with Gasteiger partial charge in [-0.3, -0.25) is 9.59 Å². The van der Waals surface area contributed by atoms with Gasteiger partial charge in [0.25, 0.3) is 0 Å². The lowest BCUT2D eigenvalue weighted by Crippen LogP contribution is -2.36. The largest absolute Gasteiger partial charge is 0.481 e. The Morgan fingerprint density at radius 2 is 1.90 bits per heavy atom. The van der Waals surface area contributed by atoms with Crippen LogP contribution in [0, 0.1) is 30.6 Å². The molecule has 1 aromatic rings. The molecule has 0 heterocycles. The lowest BCUT2D eigenvalue weighted by molar-refractivity contribution is -0.146. The number of anilines is 1. The van der Waals surface area contributed by atoms with Crippen molar-refractivity contribution >= 4 is 29.2 Å². The number of hydrogen-bond acceptors (Lipinski definition) is 2. The summed E-state index contributed by atoms with van der Waals surface area (Å²) in [6.45, 7) is 1.88. The average Bonchev–Trinajstić information content (AvgIpc) is 3.03. The molecule has 0 spiro atoms. The summed E-state index contributed by atoms with van der Waals surface area (Å²) in [5, 5.41) is 12.8. The lowest BCUT2D eigenvalue weighted by atomic mass is 9.82. The molecule has 2 aliphatic carbocycles. The Kier molecular flexibility index (Phi) is 3.49. The molecular formula is C16H16ClNO3. The third-order valence-electron chi connectivity index (χ3n) is 4.50. The van der Waals surface area contributed by atoms with Gasteiger partial charge in [-0.2, -0.15) is 0 Å². The Morgan fingerprint density at radius 3 is 2.57 bits per heavy atom. The molecule has 0 radical (unpaired) electrons. The van der Waals surface area contributed by atoms with Crippen molar-refractivity contribution < 1.29 is 14.7 Å². The maximum absolute atomic E-state index is 12.5. The van der Waals surface area contributed by atoms with Crippen LogP contribution in [0.1, 0.15) is 12.0 Å². The first-order valence-electron chi connectivity index (χ1n) is 6.95. The molecule has 2 N–H and O–H groups in total. The summed E-state index contributed by atoms with van der Waals surface area (Å²) >= 11 is 5.95. The second-order valence-electron chi connectivity index (χ2n) is 5.79. The number of benzene rings is 1. The molecule has 1 fully saturated rings. The van der Waals surface area contributed by atoms with Crippen LogP contribution in [0.4, 0.5) is 5.69 Å². The number of halogens is 1. The molecule has 4 nitrogen and oxygen atoms in total. The first-order valence-corrected chi connectivity index (χ1v) is 7.33. The molecule has 2 bridgehead atoms. The smallest absolute Gasteiger partial charge is 0.307 e. The minimum atomic E-state index is -0.894. The number of hydrogen-bond donors (Lipinski definition) is 2. The summed E-state index contributed by atoms with van der Waals surface area (Å²) < 4.78 is 0. The Balaban J connectivity index is 1.83. The van der Waals surface area contributed by atoms with Crippen LogP contribution in [0.2, 0.25) is 5.02 Å². The van der Waals surface area contributed by atoms with Gasteiger partial charge in [-0.1, -0.05) is 29.8 Å². The number of carbonyl (C=O) groups is 2. The second kappa shape index (κ2) is 5.19. The van der Waals surface area contributed by atoms with Gasteiger partial charge in [-0.15, -0.1) is 0 Å². The van der Waals surface area contributed by atoms with E-state index in [1.807, 2.05) is 25.1 Å². The Bertz CT molecular complexity index is 640. The van der Waals surface area contributed by atoms with Crippen LogP contribution in [-0.2, 0) is 9.59 Å².